The average molecular weight is 347 g/mol. The molecule has 2 aromatic rings. The quantitative estimate of drug-likeness (QED) is 0.892. The third-order valence-electron chi connectivity index (χ3n) is 3.26. The van der Waals surface area contributed by atoms with Gasteiger partial charge in [0.25, 0.3) is 5.91 Å². The number of aryl methyl sites for hydroxylation is 1. The Morgan fingerprint density at radius 3 is 2.67 bits per heavy atom. The van der Waals surface area contributed by atoms with Crippen LogP contribution in [0.25, 0.3) is 0 Å². The van der Waals surface area contributed by atoms with Crippen molar-refractivity contribution in [1.82, 2.24) is 15.5 Å². The molecule has 6 heteroatoms. The highest BCUT2D eigenvalue weighted by Gasteiger charge is 2.24. The van der Waals surface area contributed by atoms with E-state index in [2.05, 4.69) is 36.8 Å². The second-order valence-corrected chi connectivity index (χ2v) is 6.05. The third-order valence-corrected chi connectivity index (χ3v) is 3.75. The number of amides is 1. The van der Waals surface area contributed by atoms with E-state index in [1.807, 2.05) is 25.1 Å². The lowest BCUT2D eigenvalue weighted by molar-refractivity contribution is 0.0945. The maximum absolute atomic E-state index is 11.8. The van der Waals surface area contributed by atoms with E-state index in [0.29, 0.717) is 17.6 Å². The number of carbonyl (C=O) groups excluding carboxylic acids is 1. The largest absolute Gasteiger partial charge is 0.348 e. The molecule has 5 nitrogen and oxygen atoms in total. The highest BCUT2D eigenvalue weighted by Crippen LogP contribution is 2.23. The number of halogens is 1. The van der Waals surface area contributed by atoms with Crippen molar-refractivity contribution < 1.29 is 4.79 Å². The summed E-state index contributed by atoms with van der Waals surface area (Å²) in [6, 6.07) is 9.71. The number of nitrogens with one attached hydrogen (secondary N) is 2. The maximum Gasteiger partial charge on any atom is 0.272 e. The summed E-state index contributed by atoms with van der Waals surface area (Å²) in [4.78, 5) is 11.8. The van der Waals surface area contributed by atoms with Gasteiger partial charge < -0.3 is 10.6 Å². The lowest BCUT2D eigenvalue weighted by Gasteiger charge is -2.09. The number of hydrogen-bond acceptors (Lipinski definition) is 4. The minimum absolute atomic E-state index is 0.156. The van der Waals surface area contributed by atoms with Gasteiger partial charge in [-0.15, -0.1) is 10.2 Å². The van der Waals surface area contributed by atoms with Crippen molar-refractivity contribution in [3.05, 3.63) is 46.1 Å². The highest BCUT2D eigenvalue weighted by molar-refractivity contribution is 9.10. The molecule has 21 heavy (non-hydrogen) atoms. The Morgan fingerprint density at radius 2 is 2.05 bits per heavy atom. The predicted molar refractivity (Wildman–Crippen MR) is 84.7 cm³/mol. The van der Waals surface area contributed by atoms with Gasteiger partial charge in [-0.05, 0) is 55.7 Å². The van der Waals surface area contributed by atoms with E-state index in [9.17, 15) is 4.79 Å². The molecule has 1 aromatic carbocycles. The van der Waals surface area contributed by atoms with Crippen molar-refractivity contribution in [2.75, 3.05) is 5.32 Å². The molecule has 0 radical (unpaired) electrons. The molecule has 0 saturated heterocycles. The van der Waals surface area contributed by atoms with Gasteiger partial charge in [-0.2, -0.15) is 0 Å². The van der Waals surface area contributed by atoms with Gasteiger partial charge in [-0.3, -0.25) is 4.79 Å². The fourth-order valence-electron chi connectivity index (χ4n) is 1.91. The van der Waals surface area contributed by atoms with Crippen LogP contribution in [0.2, 0.25) is 0 Å². The van der Waals surface area contributed by atoms with Gasteiger partial charge in [0.1, 0.15) is 0 Å². The molecule has 2 N–H and O–H groups in total. The van der Waals surface area contributed by atoms with E-state index in [0.717, 1.165) is 28.6 Å². The van der Waals surface area contributed by atoms with Gasteiger partial charge >= 0.3 is 0 Å². The summed E-state index contributed by atoms with van der Waals surface area (Å²) in [5.41, 5.74) is 2.41. The Hall–Kier alpha value is -1.95. The normalized spacial score (nSPS) is 13.8. The van der Waals surface area contributed by atoms with Crippen molar-refractivity contribution >= 4 is 33.3 Å². The Labute approximate surface area is 131 Å². The lowest BCUT2D eigenvalue weighted by atomic mass is 10.2. The van der Waals surface area contributed by atoms with Crippen molar-refractivity contribution in [3.8, 4) is 0 Å². The van der Waals surface area contributed by atoms with E-state index in [1.54, 1.807) is 12.1 Å². The third kappa shape index (κ3) is 3.58. The predicted octanol–water partition coefficient (Wildman–Crippen LogP) is 3.18. The molecular weight excluding hydrogens is 332 g/mol. The molecule has 0 aliphatic heterocycles. The van der Waals surface area contributed by atoms with Gasteiger partial charge in [0, 0.05) is 16.2 Å². The first-order valence-electron chi connectivity index (χ1n) is 6.79. The van der Waals surface area contributed by atoms with Crippen LogP contribution in [0.3, 0.4) is 0 Å². The molecule has 0 unspecified atom stereocenters. The minimum atomic E-state index is -0.156. The van der Waals surface area contributed by atoms with Crippen LogP contribution in [0, 0.1) is 6.92 Å². The Morgan fingerprint density at radius 1 is 1.24 bits per heavy atom. The van der Waals surface area contributed by atoms with E-state index >= 15 is 0 Å². The second kappa shape index (κ2) is 5.81. The molecule has 1 aliphatic rings. The number of rotatable bonds is 4. The van der Waals surface area contributed by atoms with Crippen LogP contribution in [-0.4, -0.2) is 22.1 Å². The molecule has 0 atom stereocenters. The molecule has 1 amide bonds. The van der Waals surface area contributed by atoms with Crippen molar-refractivity contribution in [1.29, 1.82) is 0 Å². The van der Waals surface area contributed by atoms with Crippen LogP contribution in [-0.2, 0) is 0 Å². The molecule has 3 rings (SSSR count). The summed E-state index contributed by atoms with van der Waals surface area (Å²) in [5, 5.41) is 14.1. The monoisotopic (exact) mass is 346 g/mol. The maximum atomic E-state index is 11.8. The number of nitrogens with zero attached hydrogens (tertiary/aromatic N) is 2. The molecule has 1 heterocycles. The van der Waals surface area contributed by atoms with Crippen molar-refractivity contribution in [2.24, 2.45) is 0 Å². The van der Waals surface area contributed by atoms with E-state index in [1.165, 1.54) is 0 Å². The molecule has 0 spiro atoms. The fraction of sp³-hybridized carbons (Fsp3) is 0.267. The topological polar surface area (TPSA) is 66.9 Å². The molecule has 1 aromatic heterocycles. The second-order valence-electron chi connectivity index (χ2n) is 5.14. The summed E-state index contributed by atoms with van der Waals surface area (Å²) in [6.07, 6.45) is 2.11. The van der Waals surface area contributed by atoms with Crippen LogP contribution in [0.5, 0.6) is 0 Å². The summed E-state index contributed by atoms with van der Waals surface area (Å²) in [6.45, 7) is 2.01. The Balaban J connectivity index is 1.70. The molecule has 108 valence electrons. The molecular formula is C15H15BrN4O. The number of carbonyl (C=O) groups is 1. The van der Waals surface area contributed by atoms with Crippen molar-refractivity contribution in [2.45, 2.75) is 25.8 Å². The van der Waals surface area contributed by atoms with Crippen LogP contribution in [0.15, 0.2) is 34.8 Å². The first-order valence-corrected chi connectivity index (χ1v) is 7.59. The zero-order valence-corrected chi connectivity index (χ0v) is 13.1. The zero-order chi connectivity index (χ0) is 14.8. The average Bonchev–Trinajstić information content (AvgIpc) is 3.26. The zero-order valence-electron chi connectivity index (χ0n) is 11.6. The number of benzene rings is 1. The van der Waals surface area contributed by atoms with Crippen LogP contribution in [0.1, 0.15) is 28.9 Å². The van der Waals surface area contributed by atoms with E-state index in [-0.39, 0.29) is 5.91 Å². The van der Waals surface area contributed by atoms with Gasteiger partial charge in [0.15, 0.2) is 11.5 Å². The van der Waals surface area contributed by atoms with E-state index in [4.69, 9.17) is 0 Å². The van der Waals surface area contributed by atoms with Gasteiger partial charge in [-0.25, -0.2) is 0 Å². The molecule has 1 aliphatic carbocycles. The number of aromatic nitrogens is 2. The smallest absolute Gasteiger partial charge is 0.272 e. The molecule has 1 fully saturated rings. The summed E-state index contributed by atoms with van der Waals surface area (Å²) in [7, 11) is 0. The minimum Gasteiger partial charge on any atom is -0.348 e. The SMILES string of the molecule is Cc1cc(Br)ccc1Nc1ccc(C(=O)NC2CC2)nn1. The van der Waals surface area contributed by atoms with Gasteiger partial charge in [-0.1, -0.05) is 15.9 Å². The summed E-state index contributed by atoms with van der Waals surface area (Å²) >= 11 is 3.43. The standard InChI is InChI=1S/C15H15BrN4O/c1-9-8-10(16)2-5-12(9)18-14-7-6-13(19-20-14)15(21)17-11-3-4-11/h2,5-8,11H,3-4H2,1H3,(H,17,21)(H,18,20). The lowest BCUT2D eigenvalue weighted by Crippen LogP contribution is -2.26. The first kappa shape index (κ1) is 14.0. The van der Waals surface area contributed by atoms with Crippen LogP contribution < -0.4 is 10.6 Å². The molecule has 1 saturated carbocycles. The summed E-state index contributed by atoms with van der Waals surface area (Å²) < 4.78 is 1.03. The number of hydrogen-bond donors (Lipinski definition) is 2. The number of anilines is 2. The van der Waals surface area contributed by atoms with E-state index < -0.39 is 0 Å². The van der Waals surface area contributed by atoms with Crippen LogP contribution >= 0.6 is 15.9 Å². The highest BCUT2D eigenvalue weighted by atomic mass is 79.9. The Bertz CT molecular complexity index is 668. The molecule has 0 bridgehead atoms. The van der Waals surface area contributed by atoms with Gasteiger partial charge in [0.2, 0.25) is 0 Å². The first-order chi connectivity index (χ1) is 10.1. The Kier molecular flexibility index (Phi) is 3.88. The van der Waals surface area contributed by atoms with Crippen molar-refractivity contribution in [3.63, 3.8) is 0 Å². The van der Waals surface area contributed by atoms with Crippen LogP contribution in [0.4, 0.5) is 11.5 Å². The van der Waals surface area contributed by atoms with Gasteiger partial charge in [0.05, 0.1) is 0 Å². The fourth-order valence-corrected chi connectivity index (χ4v) is 2.39. The summed E-state index contributed by atoms with van der Waals surface area (Å²) in [5.74, 6) is 0.458.